The molecule has 0 aliphatic carbocycles. The number of amides is 1. The second-order valence-electron chi connectivity index (χ2n) is 7.72. The van der Waals surface area contributed by atoms with Gasteiger partial charge in [-0.25, -0.2) is 0 Å². The van der Waals surface area contributed by atoms with Crippen molar-refractivity contribution in [1.82, 2.24) is 15.1 Å². The van der Waals surface area contributed by atoms with Gasteiger partial charge in [-0.3, -0.25) is 4.79 Å². The number of aromatic nitrogens is 2. The molecule has 1 aliphatic rings. The summed E-state index contributed by atoms with van der Waals surface area (Å²) in [6.45, 7) is 6.75. The molecule has 164 valence electrons. The van der Waals surface area contributed by atoms with Gasteiger partial charge in [-0.1, -0.05) is 6.92 Å². The quantitative estimate of drug-likeness (QED) is 0.558. The fraction of sp³-hybridized carbons (Fsp3) is 0.409. The minimum absolute atomic E-state index is 0.138. The molecule has 1 atom stereocenters. The first-order valence-electron chi connectivity index (χ1n) is 10.6. The van der Waals surface area contributed by atoms with Gasteiger partial charge in [-0.15, -0.1) is 10.2 Å². The summed E-state index contributed by atoms with van der Waals surface area (Å²) in [5.74, 6) is 1.79. The van der Waals surface area contributed by atoms with E-state index in [-0.39, 0.29) is 11.7 Å². The molecule has 3 heterocycles. The van der Waals surface area contributed by atoms with Crippen LogP contribution < -0.4 is 9.80 Å². The van der Waals surface area contributed by atoms with E-state index in [1.165, 1.54) is 0 Å². The Kier molecular flexibility index (Phi) is 6.51. The number of phenolic OH excluding ortho intramolecular Hbond substituents is 1. The fourth-order valence-electron chi connectivity index (χ4n) is 3.83. The molecule has 2 N–H and O–H groups in total. The second-order valence-corrected chi connectivity index (χ2v) is 7.72. The number of carbonyl (C=O) groups is 1. The van der Waals surface area contributed by atoms with Crippen LogP contribution >= 0.6 is 0 Å². The van der Waals surface area contributed by atoms with Crippen LogP contribution in [0.25, 0.3) is 11.7 Å². The number of carbonyl (C=O) groups excluding carboxylic acids is 1. The number of anilines is 1. The number of piperazine rings is 1. The number of phenols is 1. The van der Waals surface area contributed by atoms with E-state index in [2.05, 4.69) is 22.0 Å². The number of hydrogen-bond acceptors (Lipinski definition) is 7. The predicted molar refractivity (Wildman–Crippen MR) is 114 cm³/mol. The number of hydrogen-bond donors (Lipinski definition) is 2. The van der Waals surface area contributed by atoms with Gasteiger partial charge in [-0.2, -0.15) is 0 Å². The summed E-state index contributed by atoms with van der Waals surface area (Å²) in [4.78, 5) is 18.2. The zero-order chi connectivity index (χ0) is 21.6. The molecule has 1 aromatic carbocycles. The second kappa shape index (κ2) is 9.65. The highest BCUT2D eigenvalue weighted by Gasteiger charge is 2.26. The summed E-state index contributed by atoms with van der Waals surface area (Å²) < 4.78 is 11.0. The van der Waals surface area contributed by atoms with E-state index in [1.54, 1.807) is 30.5 Å². The molecule has 31 heavy (non-hydrogen) atoms. The van der Waals surface area contributed by atoms with Crippen molar-refractivity contribution in [1.29, 1.82) is 0 Å². The van der Waals surface area contributed by atoms with E-state index >= 15 is 0 Å². The lowest BCUT2D eigenvalue weighted by atomic mass is 10.2. The SMILES string of the molecule is CCC[NH+](CC(=O)N1CCN(c2ccc(O)cc2)CC1)Cc1nnc(-c2ccco2)o1. The molecule has 0 radical (unpaired) electrons. The van der Waals surface area contributed by atoms with Gasteiger partial charge < -0.3 is 28.6 Å². The van der Waals surface area contributed by atoms with Gasteiger partial charge >= 0.3 is 0 Å². The number of aromatic hydroxyl groups is 1. The van der Waals surface area contributed by atoms with Crippen LogP contribution in [0.2, 0.25) is 0 Å². The molecule has 0 spiro atoms. The lowest BCUT2D eigenvalue weighted by Gasteiger charge is -2.36. The number of rotatable bonds is 8. The highest BCUT2D eigenvalue weighted by Crippen LogP contribution is 2.20. The number of furan rings is 1. The molecule has 0 bridgehead atoms. The summed E-state index contributed by atoms with van der Waals surface area (Å²) in [5.41, 5.74) is 1.06. The van der Waals surface area contributed by atoms with Crippen LogP contribution in [0.5, 0.6) is 5.75 Å². The van der Waals surface area contributed by atoms with Gasteiger partial charge in [0.1, 0.15) is 5.75 Å². The van der Waals surface area contributed by atoms with Crippen molar-refractivity contribution >= 4 is 11.6 Å². The molecule has 1 fully saturated rings. The minimum atomic E-state index is 0.138. The van der Waals surface area contributed by atoms with Gasteiger partial charge in [0.25, 0.3) is 17.7 Å². The average Bonchev–Trinajstić information content (AvgIpc) is 3.47. The molecule has 4 rings (SSSR count). The van der Waals surface area contributed by atoms with Gasteiger partial charge in [0.05, 0.1) is 12.8 Å². The Balaban J connectivity index is 1.31. The Labute approximate surface area is 180 Å². The fourth-order valence-corrected chi connectivity index (χ4v) is 3.83. The van der Waals surface area contributed by atoms with Crippen molar-refractivity contribution in [2.75, 3.05) is 44.2 Å². The molecule has 1 aliphatic heterocycles. The topological polar surface area (TPSA) is 100 Å². The molecule has 1 saturated heterocycles. The van der Waals surface area contributed by atoms with Crippen LogP contribution in [0.3, 0.4) is 0 Å². The van der Waals surface area contributed by atoms with Crippen molar-refractivity contribution in [2.45, 2.75) is 19.9 Å². The smallest absolute Gasteiger partial charge is 0.283 e. The Morgan fingerprint density at radius 3 is 2.58 bits per heavy atom. The lowest BCUT2D eigenvalue weighted by molar-refractivity contribution is -0.907. The van der Waals surface area contributed by atoms with Crippen LogP contribution in [-0.2, 0) is 11.3 Å². The van der Waals surface area contributed by atoms with Crippen LogP contribution in [0, 0.1) is 0 Å². The van der Waals surface area contributed by atoms with Crippen molar-refractivity contribution in [3.8, 4) is 17.4 Å². The van der Waals surface area contributed by atoms with Crippen LogP contribution in [0.15, 0.2) is 51.5 Å². The first-order chi connectivity index (χ1) is 15.1. The van der Waals surface area contributed by atoms with E-state index < -0.39 is 0 Å². The third-order valence-corrected chi connectivity index (χ3v) is 5.45. The van der Waals surface area contributed by atoms with Crippen molar-refractivity contribution in [3.63, 3.8) is 0 Å². The summed E-state index contributed by atoms with van der Waals surface area (Å²) >= 11 is 0. The van der Waals surface area contributed by atoms with Crippen LogP contribution in [0.4, 0.5) is 5.69 Å². The zero-order valence-corrected chi connectivity index (χ0v) is 17.7. The Morgan fingerprint density at radius 1 is 1.13 bits per heavy atom. The molecule has 9 nitrogen and oxygen atoms in total. The van der Waals surface area contributed by atoms with E-state index in [4.69, 9.17) is 8.83 Å². The molecular formula is C22H28N5O4+. The maximum atomic E-state index is 12.9. The van der Waals surface area contributed by atoms with Crippen molar-refractivity contribution < 1.29 is 23.6 Å². The Morgan fingerprint density at radius 2 is 1.90 bits per heavy atom. The standard InChI is InChI=1S/C22H27N5O4/c1-2-9-25(15-20-23-24-22(31-20)19-4-3-14-30-19)16-21(29)27-12-10-26(11-13-27)17-5-7-18(28)8-6-17/h3-8,14,28H,2,9-13,15-16H2,1H3/p+1. The maximum absolute atomic E-state index is 12.9. The first kappa shape index (κ1) is 20.9. The monoisotopic (exact) mass is 426 g/mol. The Bertz CT molecular complexity index is 962. The van der Waals surface area contributed by atoms with Gasteiger partial charge in [0, 0.05) is 31.9 Å². The van der Waals surface area contributed by atoms with Gasteiger partial charge in [0.15, 0.2) is 18.8 Å². The summed E-state index contributed by atoms with van der Waals surface area (Å²) in [6.07, 6.45) is 2.52. The highest BCUT2D eigenvalue weighted by molar-refractivity contribution is 5.77. The van der Waals surface area contributed by atoms with Crippen molar-refractivity contribution in [2.24, 2.45) is 0 Å². The highest BCUT2D eigenvalue weighted by atomic mass is 16.4. The summed E-state index contributed by atoms with van der Waals surface area (Å²) in [5, 5.41) is 17.6. The first-order valence-corrected chi connectivity index (χ1v) is 10.6. The third kappa shape index (κ3) is 5.24. The van der Waals surface area contributed by atoms with Gasteiger partial charge in [0.2, 0.25) is 0 Å². The predicted octanol–water partition coefficient (Wildman–Crippen LogP) is 1.18. The normalized spacial score (nSPS) is 15.3. The minimum Gasteiger partial charge on any atom is -0.508 e. The largest absolute Gasteiger partial charge is 0.508 e. The molecule has 9 heteroatoms. The van der Waals surface area contributed by atoms with E-state index in [9.17, 15) is 9.90 Å². The lowest BCUT2D eigenvalue weighted by Crippen LogP contribution is -3.12. The number of nitrogens with one attached hydrogen (secondary N) is 1. The molecular weight excluding hydrogens is 398 g/mol. The Hall–Kier alpha value is -3.33. The maximum Gasteiger partial charge on any atom is 0.283 e. The molecule has 2 aromatic heterocycles. The molecule has 3 aromatic rings. The van der Waals surface area contributed by atoms with Gasteiger partial charge in [-0.05, 0) is 42.8 Å². The van der Waals surface area contributed by atoms with Crippen LogP contribution in [0.1, 0.15) is 19.2 Å². The average molecular weight is 426 g/mol. The van der Waals surface area contributed by atoms with E-state index in [0.29, 0.717) is 43.7 Å². The molecule has 1 unspecified atom stereocenters. The zero-order valence-electron chi connectivity index (χ0n) is 17.7. The third-order valence-electron chi connectivity index (χ3n) is 5.45. The summed E-state index contributed by atoms with van der Waals surface area (Å²) in [6, 6.07) is 10.7. The van der Waals surface area contributed by atoms with Crippen molar-refractivity contribution in [3.05, 3.63) is 48.6 Å². The van der Waals surface area contributed by atoms with Crippen LogP contribution in [-0.4, -0.2) is 65.4 Å². The van der Waals surface area contributed by atoms with E-state index in [1.807, 2.05) is 17.0 Å². The molecule has 0 saturated carbocycles. The number of nitrogens with zero attached hydrogens (tertiary/aromatic N) is 4. The van der Waals surface area contributed by atoms with E-state index in [0.717, 1.165) is 36.6 Å². The number of benzene rings is 1. The summed E-state index contributed by atoms with van der Waals surface area (Å²) in [7, 11) is 0. The molecule has 1 amide bonds. The number of quaternary nitrogens is 1.